The van der Waals surface area contributed by atoms with Gasteiger partial charge in [-0.1, -0.05) is 11.6 Å². The highest BCUT2D eigenvalue weighted by Gasteiger charge is 2.16. The van der Waals surface area contributed by atoms with Crippen LogP contribution in [0.2, 0.25) is 5.02 Å². The Kier molecular flexibility index (Phi) is 4.36. The number of hydrogen-bond acceptors (Lipinski definition) is 3. The summed E-state index contributed by atoms with van der Waals surface area (Å²) in [6, 6.07) is 3.86. The van der Waals surface area contributed by atoms with Crippen LogP contribution in [0.1, 0.15) is 18.4 Å². The molecule has 0 spiro atoms. The molecule has 18 heavy (non-hydrogen) atoms. The lowest BCUT2D eigenvalue weighted by molar-refractivity contribution is 0.226. The van der Waals surface area contributed by atoms with Crippen LogP contribution in [0.15, 0.2) is 12.1 Å². The van der Waals surface area contributed by atoms with Crippen LogP contribution in [0.25, 0.3) is 0 Å². The predicted octanol–water partition coefficient (Wildman–Crippen LogP) is 2.98. The average molecular weight is 268 g/mol. The van der Waals surface area contributed by atoms with E-state index >= 15 is 0 Å². The van der Waals surface area contributed by atoms with Gasteiger partial charge in [0.05, 0.1) is 11.4 Å². The van der Waals surface area contributed by atoms with Crippen LogP contribution >= 0.6 is 11.6 Å². The largest absolute Gasteiger partial charge is 0.397 e. The van der Waals surface area contributed by atoms with Gasteiger partial charge in [-0.3, -0.25) is 0 Å². The number of likely N-dealkylation sites (tertiary alicyclic amines) is 1. The summed E-state index contributed by atoms with van der Waals surface area (Å²) in [6.07, 6.45) is 2.52. The lowest BCUT2D eigenvalue weighted by Gasteiger charge is -2.29. The lowest BCUT2D eigenvalue weighted by Crippen LogP contribution is -2.33. The summed E-state index contributed by atoms with van der Waals surface area (Å²) in [6.45, 7) is 5.39. The Hall–Kier alpha value is -0.930. The van der Waals surface area contributed by atoms with Gasteiger partial charge in [-0.05, 0) is 63.5 Å². The Morgan fingerprint density at radius 2 is 2.06 bits per heavy atom. The number of rotatable bonds is 3. The number of halogens is 1. The van der Waals surface area contributed by atoms with Crippen molar-refractivity contribution in [3.8, 4) is 0 Å². The van der Waals surface area contributed by atoms with Gasteiger partial charge in [0.15, 0.2) is 0 Å². The average Bonchev–Trinajstić information content (AvgIpc) is 2.34. The molecule has 1 aliphatic rings. The topological polar surface area (TPSA) is 41.3 Å². The van der Waals surface area contributed by atoms with E-state index in [1.165, 1.54) is 25.9 Å². The molecule has 4 heteroatoms. The summed E-state index contributed by atoms with van der Waals surface area (Å²) in [4.78, 5) is 2.39. The molecule has 0 unspecified atom stereocenters. The van der Waals surface area contributed by atoms with Gasteiger partial charge < -0.3 is 16.0 Å². The quantitative estimate of drug-likeness (QED) is 0.828. The van der Waals surface area contributed by atoms with Crippen molar-refractivity contribution in [1.29, 1.82) is 0 Å². The molecule has 1 saturated heterocycles. The Labute approximate surface area is 114 Å². The van der Waals surface area contributed by atoms with Crippen LogP contribution < -0.4 is 11.1 Å². The zero-order chi connectivity index (χ0) is 13.1. The van der Waals surface area contributed by atoms with Crippen molar-refractivity contribution in [1.82, 2.24) is 4.90 Å². The van der Waals surface area contributed by atoms with Gasteiger partial charge in [-0.2, -0.15) is 0 Å². The summed E-state index contributed by atoms with van der Waals surface area (Å²) in [5, 5.41) is 4.20. The van der Waals surface area contributed by atoms with E-state index in [9.17, 15) is 0 Å². The lowest BCUT2D eigenvalue weighted by atomic mass is 9.97. The summed E-state index contributed by atoms with van der Waals surface area (Å²) in [5.74, 6) is 0.747. The highest BCUT2D eigenvalue weighted by molar-refractivity contribution is 6.31. The van der Waals surface area contributed by atoms with E-state index in [-0.39, 0.29) is 0 Å². The molecule has 3 N–H and O–H groups in total. The fourth-order valence-corrected chi connectivity index (χ4v) is 2.54. The van der Waals surface area contributed by atoms with Crippen molar-refractivity contribution in [2.75, 3.05) is 37.7 Å². The van der Waals surface area contributed by atoms with Crippen LogP contribution in [-0.2, 0) is 0 Å². The highest BCUT2D eigenvalue weighted by Crippen LogP contribution is 2.27. The summed E-state index contributed by atoms with van der Waals surface area (Å²) in [7, 11) is 2.18. The maximum Gasteiger partial charge on any atom is 0.0577 e. The van der Waals surface area contributed by atoms with E-state index in [1.54, 1.807) is 0 Å². The van der Waals surface area contributed by atoms with E-state index in [0.717, 1.165) is 34.4 Å². The first-order chi connectivity index (χ1) is 8.56. The number of nitrogens with zero attached hydrogens (tertiary/aromatic N) is 1. The molecular formula is C14H22ClN3. The van der Waals surface area contributed by atoms with E-state index in [0.29, 0.717) is 0 Å². The zero-order valence-corrected chi connectivity index (χ0v) is 11.9. The molecule has 1 aromatic carbocycles. The van der Waals surface area contributed by atoms with Crippen molar-refractivity contribution >= 4 is 23.0 Å². The predicted molar refractivity (Wildman–Crippen MR) is 79.3 cm³/mol. The van der Waals surface area contributed by atoms with Crippen molar-refractivity contribution in [2.24, 2.45) is 5.92 Å². The molecule has 2 rings (SSSR count). The molecule has 0 saturated carbocycles. The van der Waals surface area contributed by atoms with E-state index in [4.69, 9.17) is 17.3 Å². The van der Waals surface area contributed by atoms with Crippen molar-refractivity contribution < 1.29 is 0 Å². The van der Waals surface area contributed by atoms with Gasteiger partial charge in [0, 0.05) is 11.6 Å². The van der Waals surface area contributed by atoms with Gasteiger partial charge in [-0.15, -0.1) is 0 Å². The molecule has 0 aromatic heterocycles. The molecule has 0 bridgehead atoms. The van der Waals surface area contributed by atoms with Gasteiger partial charge in [0.25, 0.3) is 0 Å². The number of aryl methyl sites for hydroxylation is 1. The molecule has 1 aliphatic heterocycles. The number of nitrogen functional groups attached to an aromatic ring is 1. The second-order valence-electron chi connectivity index (χ2n) is 5.32. The molecule has 1 fully saturated rings. The third-order valence-corrected chi connectivity index (χ3v) is 4.16. The van der Waals surface area contributed by atoms with E-state index < -0.39 is 0 Å². The fraction of sp³-hybridized carbons (Fsp3) is 0.571. The summed E-state index contributed by atoms with van der Waals surface area (Å²) < 4.78 is 0. The normalized spacial score (nSPS) is 17.9. The number of benzene rings is 1. The Balaban J connectivity index is 1.92. The van der Waals surface area contributed by atoms with Crippen molar-refractivity contribution in [3.63, 3.8) is 0 Å². The molecule has 1 aromatic rings. The molecular weight excluding hydrogens is 246 g/mol. The second-order valence-corrected chi connectivity index (χ2v) is 5.72. The first kappa shape index (κ1) is 13.5. The van der Waals surface area contributed by atoms with E-state index in [1.807, 2.05) is 19.1 Å². The SMILES string of the molecule is Cc1cc(NCC2CCN(C)CC2)c(N)cc1Cl. The number of piperidine rings is 1. The first-order valence-electron chi connectivity index (χ1n) is 6.54. The summed E-state index contributed by atoms with van der Waals surface area (Å²) >= 11 is 6.04. The molecule has 0 aliphatic carbocycles. The first-order valence-corrected chi connectivity index (χ1v) is 6.92. The molecule has 0 radical (unpaired) electrons. The standard InChI is InChI=1S/C14H22ClN3/c1-10-7-14(13(16)8-12(10)15)17-9-11-3-5-18(2)6-4-11/h7-8,11,17H,3-6,9,16H2,1-2H3. The number of nitrogens with one attached hydrogen (secondary N) is 1. The fourth-order valence-electron chi connectivity index (χ4n) is 2.37. The van der Waals surface area contributed by atoms with Crippen molar-refractivity contribution in [3.05, 3.63) is 22.7 Å². The van der Waals surface area contributed by atoms with Crippen molar-refractivity contribution in [2.45, 2.75) is 19.8 Å². The van der Waals surface area contributed by atoms with Gasteiger partial charge >= 0.3 is 0 Å². The zero-order valence-electron chi connectivity index (χ0n) is 11.2. The second kappa shape index (κ2) is 5.81. The Bertz CT molecular complexity index is 412. The number of anilines is 2. The Morgan fingerprint density at radius 3 is 2.72 bits per heavy atom. The minimum absolute atomic E-state index is 0.734. The van der Waals surface area contributed by atoms with Gasteiger partial charge in [0.1, 0.15) is 0 Å². The minimum Gasteiger partial charge on any atom is -0.397 e. The van der Waals surface area contributed by atoms with Crippen LogP contribution in [0.5, 0.6) is 0 Å². The van der Waals surface area contributed by atoms with Crippen LogP contribution in [0, 0.1) is 12.8 Å². The van der Waals surface area contributed by atoms with E-state index in [2.05, 4.69) is 17.3 Å². The van der Waals surface area contributed by atoms with Gasteiger partial charge in [-0.25, -0.2) is 0 Å². The van der Waals surface area contributed by atoms with Crippen LogP contribution in [0.4, 0.5) is 11.4 Å². The molecule has 100 valence electrons. The molecule has 0 atom stereocenters. The minimum atomic E-state index is 0.734. The number of hydrogen-bond donors (Lipinski definition) is 2. The smallest absolute Gasteiger partial charge is 0.0577 e. The van der Waals surface area contributed by atoms with Crippen LogP contribution in [-0.4, -0.2) is 31.6 Å². The van der Waals surface area contributed by atoms with Crippen LogP contribution in [0.3, 0.4) is 0 Å². The third kappa shape index (κ3) is 3.30. The third-order valence-electron chi connectivity index (χ3n) is 3.75. The Morgan fingerprint density at radius 1 is 1.39 bits per heavy atom. The molecule has 3 nitrogen and oxygen atoms in total. The highest BCUT2D eigenvalue weighted by atomic mass is 35.5. The summed E-state index contributed by atoms with van der Waals surface area (Å²) in [5.41, 5.74) is 8.78. The maximum atomic E-state index is 6.04. The maximum absolute atomic E-state index is 6.04. The molecule has 0 amide bonds. The number of nitrogens with two attached hydrogens (primary N) is 1. The van der Waals surface area contributed by atoms with Gasteiger partial charge in [0.2, 0.25) is 0 Å². The molecule has 1 heterocycles. The monoisotopic (exact) mass is 267 g/mol.